The number of amides is 1. The fraction of sp³-hybridized carbons (Fsp3) is 0.167. The quantitative estimate of drug-likeness (QED) is 0.764. The van der Waals surface area contributed by atoms with Crippen LogP contribution >= 0.6 is 11.6 Å². The van der Waals surface area contributed by atoms with E-state index in [0.29, 0.717) is 0 Å². The second-order valence-corrected chi connectivity index (χ2v) is 8.03. The van der Waals surface area contributed by atoms with Crippen molar-refractivity contribution in [3.63, 3.8) is 0 Å². The van der Waals surface area contributed by atoms with Gasteiger partial charge in [0.2, 0.25) is 0 Å². The average Bonchev–Trinajstić information content (AvgIpc) is 2.61. The molecule has 0 unspecified atom stereocenters. The van der Waals surface area contributed by atoms with Crippen LogP contribution in [0.25, 0.3) is 0 Å². The van der Waals surface area contributed by atoms with Crippen molar-refractivity contribution in [3.05, 3.63) is 58.6 Å². The predicted octanol–water partition coefficient (Wildman–Crippen LogP) is 2.80. The minimum absolute atomic E-state index is 0.00478. The maximum Gasteiger partial charge on any atom is 0.340 e. The van der Waals surface area contributed by atoms with Gasteiger partial charge in [-0.25, -0.2) is 13.2 Å². The van der Waals surface area contributed by atoms with Crippen LogP contribution in [0, 0.1) is 11.3 Å². The number of esters is 1. The summed E-state index contributed by atoms with van der Waals surface area (Å²) in [5, 5.41) is 11.5. The molecule has 0 heterocycles. The molecule has 0 saturated carbocycles. The number of hydrogen-bond acceptors (Lipinski definition) is 6. The van der Waals surface area contributed by atoms with Crippen molar-refractivity contribution in [2.24, 2.45) is 0 Å². The Hall–Kier alpha value is -2.89. The van der Waals surface area contributed by atoms with E-state index in [1.54, 1.807) is 12.1 Å². The number of para-hydroxylation sites is 1. The number of halogens is 1. The van der Waals surface area contributed by atoms with Crippen LogP contribution in [0.5, 0.6) is 0 Å². The standard InChI is InChI=1S/C18H15ClN2O5S/c1-11(17(22)21-16-6-4-3-5-12(16)10-20)26-18(23)14-9-13(27(2,24)25)7-8-15(14)19/h3-9,11H,1-2H3,(H,21,22)/t11-/m0/s1. The van der Waals surface area contributed by atoms with E-state index in [4.69, 9.17) is 21.6 Å². The van der Waals surface area contributed by atoms with Crippen LogP contribution in [0.3, 0.4) is 0 Å². The number of sulfone groups is 1. The molecule has 1 atom stereocenters. The monoisotopic (exact) mass is 406 g/mol. The number of rotatable bonds is 5. The molecule has 7 nitrogen and oxygen atoms in total. The maximum atomic E-state index is 12.3. The van der Waals surface area contributed by atoms with Gasteiger partial charge in [-0.3, -0.25) is 4.79 Å². The average molecular weight is 407 g/mol. The fourth-order valence-corrected chi connectivity index (χ4v) is 2.93. The first-order valence-electron chi connectivity index (χ1n) is 7.64. The van der Waals surface area contributed by atoms with Crippen molar-refractivity contribution in [1.82, 2.24) is 0 Å². The first kappa shape index (κ1) is 20.4. The molecule has 0 radical (unpaired) electrons. The van der Waals surface area contributed by atoms with Crippen molar-refractivity contribution in [1.29, 1.82) is 5.26 Å². The Morgan fingerprint density at radius 3 is 2.52 bits per heavy atom. The zero-order chi connectivity index (χ0) is 20.2. The van der Waals surface area contributed by atoms with Crippen molar-refractivity contribution >= 4 is 39.0 Å². The third kappa shape index (κ3) is 5.06. The summed E-state index contributed by atoms with van der Waals surface area (Å²) < 4.78 is 28.3. The highest BCUT2D eigenvalue weighted by molar-refractivity contribution is 7.90. The lowest BCUT2D eigenvalue weighted by atomic mass is 10.2. The molecule has 0 bridgehead atoms. The van der Waals surface area contributed by atoms with Gasteiger partial charge < -0.3 is 10.1 Å². The number of nitriles is 1. The lowest BCUT2D eigenvalue weighted by Crippen LogP contribution is -2.30. The number of hydrogen-bond donors (Lipinski definition) is 1. The van der Waals surface area contributed by atoms with E-state index < -0.39 is 27.8 Å². The van der Waals surface area contributed by atoms with Gasteiger partial charge in [-0.2, -0.15) is 5.26 Å². The van der Waals surface area contributed by atoms with E-state index in [-0.39, 0.29) is 26.7 Å². The Labute approximate surface area is 161 Å². The SMILES string of the molecule is C[C@H](OC(=O)c1cc(S(C)(=O)=O)ccc1Cl)C(=O)Nc1ccccc1C#N. The first-order chi connectivity index (χ1) is 12.6. The van der Waals surface area contributed by atoms with Crippen molar-refractivity contribution in [2.75, 3.05) is 11.6 Å². The molecule has 0 spiro atoms. The summed E-state index contributed by atoms with van der Waals surface area (Å²) in [5.74, 6) is -1.59. The highest BCUT2D eigenvalue weighted by atomic mass is 35.5. The molecule has 0 saturated heterocycles. The molecule has 2 aromatic rings. The van der Waals surface area contributed by atoms with Gasteiger partial charge in [0, 0.05) is 6.26 Å². The Kier molecular flexibility index (Phi) is 6.20. The van der Waals surface area contributed by atoms with Crippen LogP contribution in [-0.4, -0.2) is 32.7 Å². The van der Waals surface area contributed by atoms with Crippen LogP contribution in [0.2, 0.25) is 5.02 Å². The Balaban J connectivity index is 2.16. The maximum absolute atomic E-state index is 12.3. The van der Waals surface area contributed by atoms with Gasteiger partial charge in [0.15, 0.2) is 15.9 Å². The zero-order valence-electron chi connectivity index (χ0n) is 14.4. The molecule has 1 amide bonds. The van der Waals surface area contributed by atoms with Gasteiger partial charge in [0.25, 0.3) is 5.91 Å². The summed E-state index contributed by atoms with van der Waals surface area (Å²) in [6, 6.07) is 11.9. The molecule has 9 heteroatoms. The van der Waals surface area contributed by atoms with E-state index in [9.17, 15) is 18.0 Å². The van der Waals surface area contributed by atoms with Gasteiger partial charge in [-0.1, -0.05) is 23.7 Å². The minimum atomic E-state index is -3.55. The fourth-order valence-electron chi connectivity index (χ4n) is 2.09. The smallest absolute Gasteiger partial charge is 0.340 e. The summed E-state index contributed by atoms with van der Waals surface area (Å²) in [6.07, 6.45) is -0.212. The van der Waals surface area contributed by atoms with Gasteiger partial charge in [-0.05, 0) is 37.3 Å². The minimum Gasteiger partial charge on any atom is -0.449 e. The molecular formula is C18H15ClN2O5S. The first-order valence-corrected chi connectivity index (χ1v) is 9.91. The summed E-state index contributed by atoms with van der Waals surface area (Å²) >= 11 is 5.94. The van der Waals surface area contributed by atoms with Crippen LogP contribution < -0.4 is 5.32 Å². The number of nitrogens with zero attached hydrogens (tertiary/aromatic N) is 1. The molecule has 140 valence electrons. The molecule has 0 aromatic heterocycles. The lowest BCUT2D eigenvalue weighted by Gasteiger charge is -2.15. The summed E-state index contributed by atoms with van der Waals surface area (Å²) in [5.41, 5.74) is 0.370. The molecule has 0 aliphatic heterocycles. The van der Waals surface area contributed by atoms with Gasteiger partial charge in [0.05, 0.1) is 26.7 Å². The Morgan fingerprint density at radius 2 is 1.89 bits per heavy atom. The number of ether oxygens (including phenoxy) is 1. The molecule has 2 rings (SSSR count). The van der Waals surface area contributed by atoms with Gasteiger partial charge >= 0.3 is 5.97 Å². The molecule has 1 N–H and O–H groups in total. The van der Waals surface area contributed by atoms with E-state index in [0.717, 1.165) is 12.3 Å². The van der Waals surface area contributed by atoms with Crippen molar-refractivity contribution < 1.29 is 22.7 Å². The zero-order valence-corrected chi connectivity index (χ0v) is 16.0. The Bertz CT molecular complexity index is 1040. The van der Waals surface area contributed by atoms with E-state index in [2.05, 4.69) is 5.32 Å². The van der Waals surface area contributed by atoms with Crippen LogP contribution in [-0.2, 0) is 19.4 Å². The molecule has 0 aliphatic carbocycles. The number of anilines is 1. The molecule has 2 aromatic carbocycles. The van der Waals surface area contributed by atoms with E-state index in [1.807, 2.05) is 6.07 Å². The number of carbonyl (C=O) groups excluding carboxylic acids is 2. The van der Waals surface area contributed by atoms with Crippen LogP contribution in [0.1, 0.15) is 22.8 Å². The molecule has 0 fully saturated rings. The molecule has 0 aliphatic rings. The van der Waals surface area contributed by atoms with E-state index in [1.165, 1.54) is 31.2 Å². The normalized spacial score (nSPS) is 11.9. The second kappa shape index (κ2) is 8.20. The largest absolute Gasteiger partial charge is 0.449 e. The van der Waals surface area contributed by atoms with Crippen molar-refractivity contribution in [2.45, 2.75) is 17.9 Å². The molecule has 27 heavy (non-hydrogen) atoms. The summed E-state index contributed by atoms with van der Waals surface area (Å²) in [7, 11) is -3.55. The highest BCUT2D eigenvalue weighted by Crippen LogP contribution is 2.22. The topological polar surface area (TPSA) is 113 Å². The number of carbonyl (C=O) groups is 2. The Morgan fingerprint density at radius 1 is 1.22 bits per heavy atom. The van der Waals surface area contributed by atoms with Crippen LogP contribution in [0.4, 0.5) is 5.69 Å². The summed E-state index contributed by atoms with van der Waals surface area (Å²) in [4.78, 5) is 24.4. The lowest BCUT2D eigenvalue weighted by molar-refractivity contribution is -0.123. The third-order valence-corrected chi connectivity index (χ3v) is 4.98. The number of nitrogens with one attached hydrogen (secondary N) is 1. The number of benzene rings is 2. The van der Waals surface area contributed by atoms with E-state index >= 15 is 0 Å². The third-order valence-electron chi connectivity index (χ3n) is 3.54. The van der Waals surface area contributed by atoms with Crippen LogP contribution in [0.15, 0.2) is 47.4 Å². The van der Waals surface area contributed by atoms with Crippen molar-refractivity contribution in [3.8, 4) is 6.07 Å². The predicted molar refractivity (Wildman–Crippen MR) is 99.2 cm³/mol. The van der Waals surface area contributed by atoms with Gasteiger partial charge in [-0.15, -0.1) is 0 Å². The molecular weight excluding hydrogens is 392 g/mol. The van der Waals surface area contributed by atoms with Gasteiger partial charge in [0.1, 0.15) is 6.07 Å². The summed E-state index contributed by atoms with van der Waals surface area (Å²) in [6.45, 7) is 1.34. The highest BCUT2D eigenvalue weighted by Gasteiger charge is 2.22. The second-order valence-electron chi connectivity index (χ2n) is 5.61.